The lowest BCUT2D eigenvalue weighted by Crippen LogP contribution is -1.84. The van der Waals surface area contributed by atoms with Crippen molar-refractivity contribution in [3.8, 4) is 0 Å². The van der Waals surface area contributed by atoms with Gasteiger partial charge in [0.05, 0.1) is 0 Å². The van der Waals surface area contributed by atoms with E-state index in [1.807, 2.05) is 0 Å². The molecule has 0 saturated heterocycles. The van der Waals surface area contributed by atoms with Gasteiger partial charge in [-0.25, -0.2) is 0 Å². The van der Waals surface area contributed by atoms with E-state index in [-0.39, 0.29) is 0 Å². The molecule has 0 bridgehead atoms. The van der Waals surface area contributed by atoms with Crippen molar-refractivity contribution >= 4 is 11.6 Å². The second-order valence-corrected chi connectivity index (χ2v) is 5.80. The number of benzene rings is 3. The summed E-state index contributed by atoms with van der Waals surface area (Å²) in [6.07, 6.45) is 8.88. The average molecular weight is 310 g/mol. The Morgan fingerprint density at radius 3 is 1.92 bits per heavy atom. The maximum atomic E-state index is 2.27. The predicted molar refractivity (Wildman–Crippen MR) is 105 cm³/mol. The molecule has 0 unspecified atom stereocenters. The molecule has 0 heterocycles. The lowest BCUT2D eigenvalue weighted by Gasteiger charge is -2.04. The van der Waals surface area contributed by atoms with Crippen molar-refractivity contribution in [2.24, 2.45) is 0 Å². The fourth-order valence-electron chi connectivity index (χ4n) is 2.69. The summed E-state index contributed by atoms with van der Waals surface area (Å²) in [7, 11) is 0. The Balaban J connectivity index is 1.75. The number of aryl methyl sites for hydroxylation is 1. The van der Waals surface area contributed by atoms with Crippen molar-refractivity contribution < 1.29 is 0 Å². The summed E-state index contributed by atoms with van der Waals surface area (Å²) in [6, 6.07) is 31.7. The summed E-state index contributed by atoms with van der Waals surface area (Å²) in [5.41, 5.74) is 5.10. The van der Waals surface area contributed by atoms with E-state index in [0.717, 1.165) is 12.8 Å². The van der Waals surface area contributed by atoms with Gasteiger partial charge in [0, 0.05) is 0 Å². The lowest BCUT2D eigenvalue weighted by molar-refractivity contribution is 1.00. The van der Waals surface area contributed by atoms with Gasteiger partial charge < -0.3 is 0 Å². The second kappa shape index (κ2) is 8.69. The van der Waals surface area contributed by atoms with Crippen LogP contribution in [-0.4, -0.2) is 0 Å². The summed E-state index contributed by atoms with van der Waals surface area (Å²) in [4.78, 5) is 0. The van der Waals surface area contributed by atoms with Crippen LogP contribution in [0.1, 0.15) is 23.1 Å². The Morgan fingerprint density at radius 1 is 0.667 bits per heavy atom. The summed E-state index contributed by atoms with van der Waals surface area (Å²) in [5.74, 6) is 0. The quantitative estimate of drug-likeness (QED) is 0.364. The standard InChI is InChI=1S/C24H22/c1-4-12-21(13-5-1)14-10-11-19-24(23-17-8-3-9-18-23)20-22-15-6-2-7-16-22/h1-9,11-13,15-20H,10,14H2/b19-11+,24-20-. The first-order chi connectivity index (χ1) is 11.9. The third-order valence-electron chi connectivity index (χ3n) is 3.97. The van der Waals surface area contributed by atoms with Crippen molar-refractivity contribution in [2.75, 3.05) is 0 Å². The lowest BCUT2D eigenvalue weighted by atomic mass is 10.0. The molecule has 0 aromatic heterocycles. The number of allylic oxidation sites excluding steroid dienone is 3. The first kappa shape index (κ1) is 16.0. The predicted octanol–water partition coefficient (Wildman–Crippen LogP) is 6.42. The Hall–Kier alpha value is -2.86. The summed E-state index contributed by atoms with van der Waals surface area (Å²) in [5, 5.41) is 0. The van der Waals surface area contributed by atoms with E-state index in [1.165, 1.54) is 22.3 Å². The van der Waals surface area contributed by atoms with E-state index >= 15 is 0 Å². The Bertz CT molecular complexity index is 781. The molecule has 0 aliphatic carbocycles. The van der Waals surface area contributed by atoms with Crippen LogP contribution in [-0.2, 0) is 6.42 Å². The molecule has 0 spiro atoms. The normalized spacial score (nSPS) is 11.8. The van der Waals surface area contributed by atoms with Crippen LogP contribution in [0.15, 0.2) is 103 Å². The van der Waals surface area contributed by atoms with Gasteiger partial charge in [-0.15, -0.1) is 0 Å². The van der Waals surface area contributed by atoms with Gasteiger partial charge in [-0.1, -0.05) is 103 Å². The van der Waals surface area contributed by atoms with Gasteiger partial charge in [-0.3, -0.25) is 0 Å². The van der Waals surface area contributed by atoms with Crippen LogP contribution in [0, 0.1) is 0 Å². The molecule has 0 fully saturated rings. The van der Waals surface area contributed by atoms with E-state index in [4.69, 9.17) is 0 Å². The summed E-state index contributed by atoms with van der Waals surface area (Å²) in [6.45, 7) is 0. The second-order valence-electron chi connectivity index (χ2n) is 5.80. The highest BCUT2D eigenvalue weighted by Gasteiger charge is 1.98. The van der Waals surface area contributed by atoms with Crippen LogP contribution in [0.2, 0.25) is 0 Å². The maximum absolute atomic E-state index is 2.27. The summed E-state index contributed by atoms with van der Waals surface area (Å²) < 4.78 is 0. The van der Waals surface area contributed by atoms with Crippen LogP contribution >= 0.6 is 0 Å². The van der Waals surface area contributed by atoms with Crippen molar-refractivity contribution in [1.29, 1.82) is 0 Å². The SMILES string of the molecule is C(=C(\C=C\CCc1ccccc1)c1ccccc1)/c1ccccc1. The largest absolute Gasteiger partial charge is 0.0836 e. The summed E-state index contributed by atoms with van der Waals surface area (Å²) >= 11 is 0. The van der Waals surface area contributed by atoms with Crippen LogP contribution < -0.4 is 0 Å². The molecule has 0 nitrogen and oxygen atoms in total. The Labute approximate surface area is 144 Å². The highest BCUT2D eigenvalue weighted by molar-refractivity contribution is 5.87. The third kappa shape index (κ3) is 4.82. The number of hydrogen-bond acceptors (Lipinski definition) is 0. The van der Waals surface area contributed by atoms with E-state index in [0.29, 0.717) is 0 Å². The van der Waals surface area contributed by atoms with Crippen molar-refractivity contribution in [3.63, 3.8) is 0 Å². The van der Waals surface area contributed by atoms with E-state index in [9.17, 15) is 0 Å². The topological polar surface area (TPSA) is 0 Å². The first-order valence-electron chi connectivity index (χ1n) is 8.44. The van der Waals surface area contributed by atoms with E-state index < -0.39 is 0 Å². The van der Waals surface area contributed by atoms with Crippen molar-refractivity contribution in [3.05, 3.63) is 120 Å². The number of hydrogen-bond donors (Lipinski definition) is 0. The molecule has 118 valence electrons. The van der Waals surface area contributed by atoms with Gasteiger partial charge in [0.25, 0.3) is 0 Å². The molecule has 0 heteroatoms. The van der Waals surface area contributed by atoms with Crippen LogP contribution in [0.4, 0.5) is 0 Å². The molecule has 3 rings (SSSR count). The zero-order valence-electron chi connectivity index (χ0n) is 13.8. The minimum absolute atomic E-state index is 1.04. The zero-order chi connectivity index (χ0) is 16.5. The molecule has 0 aliphatic heterocycles. The monoisotopic (exact) mass is 310 g/mol. The molecule has 0 aliphatic rings. The Kier molecular flexibility index (Phi) is 5.80. The molecule has 3 aromatic carbocycles. The fourth-order valence-corrected chi connectivity index (χ4v) is 2.69. The number of rotatable bonds is 6. The average Bonchev–Trinajstić information content (AvgIpc) is 2.66. The van der Waals surface area contributed by atoms with Gasteiger partial charge in [0.2, 0.25) is 0 Å². The van der Waals surface area contributed by atoms with Gasteiger partial charge in [0.1, 0.15) is 0 Å². The van der Waals surface area contributed by atoms with Gasteiger partial charge >= 0.3 is 0 Å². The van der Waals surface area contributed by atoms with Crippen molar-refractivity contribution in [2.45, 2.75) is 12.8 Å². The molecule has 0 N–H and O–H groups in total. The van der Waals surface area contributed by atoms with E-state index in [2.05, 4.69) is 109 Å². The molecule has 0 amide bonds. The van der Waals surface area contributed by atoms with Crippen LogP contribution in [0.3, 0.4) is 0 Å². The third-order valence-corrected chi connectivity index (χ3v) is 3.97. The molecule has 24 heavy (non-hydrogen) atoms. The molecule has 3 aromatic rings. The highest BCUT2D eigenvalue weighted by Crippen LogP contribution is 2.20. The first-order valence-corrected chi connectivity index (χ1v) is 8.44. The van der Waals surface area contributed by atoms with Gasteiger partial charge in [-0.2, -0.15) is 0 Å². The maximum Gasteiger partial charge on any atom is -0.0181 e. The van der Waals surface area contributed by atoms with Crippen LogP contribution in [0.25, 0.3) is 11.6 Å². The smallest absolute Gasteiger partial charge is 0.0181 e. The molecule has 0 radical (unpaired) electrons. The highest BCUT2D eigenvalue weighted by atomic mass is 14.0. The fraction of sp³-hybridized carbons (Fsp3) is 0.0833. The van der Waals surface area contributed by atoms with Gasteiger partial charge in [-0.05, 0) is 41.2 Å². The molecular weight excluding hydrogens is 288 g/mol. The Morgan fingerprint density at radius 2 is 1.25 bits per heavy atom. The van der Waals surface area contributed by atoms with Crippen molar-refractivity contribution in [1.82, 2.24) is 0 Å². The van der Waals surface area contributed by atoms with E-state index in [1.54, 1.807) is 0 Å². The van der Waals surface area contributed by atoms with Gasteiger partial charge in [0.15, 0.2) is 0 Å². The molecular formula is C24H22. The van der Waals surface area contributed by atoms with Crippen LogP contribution in [0.5, 0.6) is 0 Å². The molecule has 0 saturated carbocycles. The minimum Gasteiger partial charge on any atom is -0.0836 e. The molecule has 0 atom stereocenters. The zero-order valence-corrected chi connectivity index (χ0v) is 13.8. The minimum atomic E-state index is 1.04.